The van der Waals surface area contributed by atoms with Crippen LogP contribution in [-0.2, 0) is 11.3 Å². The molecule has 0 atom stereocenters. The number of aryl methyl sites for hydroxylation is 2. The van der Waals surface area contributed by atoms with E-state index in [-0.39, 0.29) is 11.9 Å². The molecule has 208 valence electrons. The first kappa shape index (κ1) is 27.3. The van der Waals surface area contributed by atoms with E-state index in [0.717, 1.165) is 50.4 Å². The summed E-state index contributed by atoms with van der Waals surface area (Å²) in [5.41, 5.74) is 3.31. The number of piperidine rings is 1. The number of thiophene rings is 1. The van der Waals surface area contributed by atoms with Crippen LogP contribution in [0.5, 0.6) is 5.75 Å². The summed E-state index contributed by atoms with van der Waals surface area (Å²) < 4.78 is 26.5. The van der Waals surface area contributed by atoms with Crippen LogP contribution in [-0.4, -0.2) is 57.0 Å². The molecule has 4 heterocycles. The van der Waals surface area contributed by atoms with E-state index in [1.165, 1.54) is 12.7 Å². The number of benzene rings is 1. The maximum Gasteiger partial charge on any atom is 0.409 e. The van der Waals surface area contributed by atoms with Gasteiger partial charge in [0, 0.05) is 23.5 Å². The molecule has 1 N–H and O–H groups in total. The van der Waals surface area contributed by atoms with E-state index in [1.54, 1.807) is 28.4 Å². The first-order valence-electron chi connectivity index (χ1n) is 12.8. The summed E-state index contributed by atoms with van der Waals surface area (Å²) >= 11 is 1.55. The number of pyridine rings is 1. The van der Waals surface area contributed by atoms with Gasteiger partial charge in [-0.15, -0.1) is 11.3 Å². The van der Waals surface area contributed by atoms with Gasteiger partial charge < -0.3 is 19.5 Å². The van der Waals surface area contributed by atoms with Gasteiger partial charge in [-0.25, -0.2) is 14.6 Å². The van der Waals surface area contributed by atoms with Crippen LogP contribution < -0.4 is 4.74 Å². The maximum atomic E-state index is 14.6. The zero-order chi connectivity index (χ0) is 28.4. The average molecular weight is 565 g/mol. The Hall–Kier alpha value is -4.25. The van der Waals surface area contributed by atoms with E-state index >= 15 is 0 Å². The molecule has 1 saturated heterocycles. The van der Waals surface area contributed by atoms with Crippen molar-refractivity contribution in [2.75, 3.05) is 20.2 Å². The quantitative estimate of drug-likeness (QED) is 0.295. The highest BCUT2D eigenvalue weighted by molar-refractivity contribution is 7.15. The lowest BCUT2D eigenvalue weighted by Gasteiger charge is -2.31. The van der Waals surface area contributed by atoms with Gasteiger partial charge in [0.2, 0.25) is 5.95 Å². The molecule has 40 heavy (non-hydrogen) atoms. The van der Waals surface area contributed by atoms with Crippen molar-refractivity contribution in [2.24, 2.45) is 0 Å². The lowest BCUT2D eigenvalue weighted by molar-refractivity contribution is 0.0691. The van der Waals surface area contributed by atoms with Gasteiger partial charge >= 0.3 is 12.1 Å². The fourth-order valence-electron chi connectivity index (χ4n) is 4.96. The largest absolute Gasteiger partial charge is 0.489 e. The zero-order valence-corrected chi connectivity index (χ0v) is 23.2. The Morgan fingerprint density at radius 1 is 1.15 bits per heavy atom. The highest BCUT2D eigenvalue weighted by atomic mass is 32.1. The van der Waals surface area contributed by atoms with Gasteiger partial charge in [-0.1, -0.05) is 18.2 Å². The summed E-state index contributed by atoms with van der Waals surface area (Å²) in [5.74, 6) is -1.02. The Morgan fingerprint density at radius 3 is 2.60 bits per heavy atom. The molecule has 1 aliphatic heterocycles. The molecule has 4 aromatic rings. The van der Waals surface area contributed by atoms with Crippen molar-refractivity contribution < 1.29 is 28.6 Å². The molecule has 1 aromatic carbocycles. The summed E-state index contributed by atoms with van der Waals surface area (Å²) in [4.78, 5) is 31.3. The molecule has 0 spiro atoms. The standard InChI is InChI=1S/C29H29FN4O5S/c1-17-13-20(19-9-11-33(12-10-19)29(37)38-3)7-8-24(17)39-16-21-14-18(2)40-26(21)23-5-4-6-25(32-23)34-27(30)22(15-31-34)28(35)36/h4-8,13-15,19H,9-12,16H2,1-3H3,(H,35,36). The molecule has 0 saturated carbocycles. The minimum atomic E-state index is -1.39. The summed E-state index contributed by atoms with van der Waals surface area (Å²) in [6, 6.07) is 13.4. The van der Waals surface area contributed by atoms with Crippen LogP contribution >= 0.6 is 11.3 Å². The fraction of sp³-hybridized carbons (Fsp3) is 0.310. The van der Waals surface area contributed by atoms with Gasteiger partial charge in [0.15, 0.2) is 5.82 Å². The fourth-order valence-corrected chi connectivity index (χ4v) is 5.95. The Balaban J connectivity index is 1.30. The van der Waals surface area contributed by atoms with Crippen molar-refractivity contribution in [3.05, 3.63) is 81.7 Å². The van der Waals surface area contributed by atoms with Crippen molar-refractivity contribution in [1.29, 1.82) is 0 Å². The molecule has 1 fully saturated rings. The number of aromatic carboxylic acids is 1. The Morgan fingerprint density at radius 2 is 1.93 bits per heavy atom. The molecule has 9 nitrogen and oxygen atoms in total. The number of nitrogens with zero attached hydrogens (tertiary/aromatic N) is 4. The number of rotatable bonds is 7. The van der Waals surface area contributed by atoms with E-state index < -0.39 is 17.5 Å². The Bertz CT molecular complexity index is 1560. The Labute approximate surface area is 234 Å². The second-order valence-corrected chi connectivity index (χ2v) is 11.0. The number of hydrogen-bond acceptors (Lipinski definition) is 7. The molecular weight excluding hydrogens is 535 g/mol. The topological polar surface area (TPSA) is 107 Å². The summed E-state index contributed by atoms with van der Waals surface area (Å²) in [6.07, 6.45) is 2.47. The van der Waals surface area contributed by atoms with Crippen LogP contribution in [0.25, 0.3) is 16.4 Å². The Kier molecular flexibility index (Phi) is 7.83. The van der Waals surface area contributed by atoms with Crippen LogP contribution in [0.2, 0.25) is 0 Å². The van der Waals surface area contributed by atoms with Gasteiger partial charge in [-0.2, -0.15) is 14.2 Å². The second kappa shape index (κ2) is 11.5. The van der Waals surface area contributed by atoms with Crippen LogP contribution in [0.4, 0.5) is 9.18 Å². The summed E-state index contributed by atoms with van der Waals surface area (Å²) in [5, 5.41) is 13.0. The number of carboxylic acids is 1. The normalized spacial score (nSPS) is 13.8. The lowest BCUT2D eigenvalue weighted by Crippen LogP contribution is -2.37. The van der Waals surface area contributed by atoms with E-state index in [9.17, 15) is 14.0 Å². The van der Waals surface area contributed by atoms with Gasteiger partial charge in [-0.3, -0.25) is 0 Å². The smallest absolute Gasteiger partial charge is 0.409 e. The lowest BCUT2D eigenvalue weighted by atomic mass is 9.88. The molecule has 1 amide bonds. The molecule has 1 aliphatic rings. The van der Waals surface area contributed by atoms with Gasteiger partial charge in [0.05, 0.1) is 23.9 Å². The van der Waals surface area contributed by atoms with Crippen molar-refractivity contribution in [3.63, 3.8) is 0 Å². The predicted octanol–water partition coefficient (Wildman–Crippen LogP) is 5.97. The first-order valence-corrected chi connectivity index (χ1v) is 13.7. The number of halogens is 1. The van der Waals surface area contributed by atoms with Crippen molar-refractivity contribution >= 4 is 23.4 Å². The van der Waals surface area contributed by atoms with Gasteiger partial charge in [-0.05, 0) is 68.0 Å². The second-order valence-electron chi connectivity index (χ2n) is 9.70. The van der Waals surface area contributed by atoms with E-state index in [0.29, 0.717) is 31.3 Å². The highest BCUT2D eigenvalue weighted by Gasteiger charge is 2.25. The number of carbonyl (C=O) groups is 2. The first-order chi connectivity index (χ1) is 19.2. The van der Waals surface area contributed by atoms with Crippen molar-refractivity contribution in [3.8, 4) is 22.1 Å². The zero-order valence-electron chi connectivity index (χ0n) is 22.4. The maximum absolute atomic E-state index is 14.6. The van der Waals surface area contributed by atoms with Gasteiger partial charge in [0.25, 0.3) is 0 Å². The SMILES string of the molecule is COC(=O)N1CCC(c2ccc(OCc3cc(C)sc3-c3cccc(-n4ncc(C(=O)O)c4F)n3)c(C)c2)CC1. The number of hydrogen-bond donors (Lipinski definition) is 1. The number of carbonyl (C=O) groups excluding carboxylic acids is 1. The number of amides is 1. The minimum Gasteiger partial charge on any atom is -0.489 e. The molecular formula is C29H29FN4O5S. The molecule has 11 heteroatoms. The van der Waals surface area contributed by atoms with Crippen LogP contribution in [0.15, 0.2) is 48.7 Å². The molecule has 5 rings (SSSR count). The summed E-state index contributed by atoms with van der Waals surface area (Å²) in [6.45, 7) is 5.70. The number of ether oxygens (including phenoxy) is 2. The van der Waals surface area contributed by atoms with Crippen LogP contribution in [0.3, 0.4) is 0 Å². The number of aromatic nitrogens is 3. The third kappa shape index (κ3) is 5.55. The predicted molar refractivity (Wildman–Crippen MR) is 148 cm³/mol. The van der Waals surface area contributed by atoms with Gasteiger partial charge in [0.1, 0.15) is 17.9 Å². The molecule has 0 unspecified atom stereocenters. The highest BCUT2D eigenvalue weighted by Crippen LogP contribution is 2.35. The van der Waals surface area contributed by atoms with Crippen LogP contribution in [0.1, 0.15) is 50.7 Å². The monoisotopic (exact) mass is 564 g/mol. The third-order valence-corrected chi connectivity index (χ3v) is 8.15. The van der Waals surface area contributed by atoms with E-state index in [2.05, 4.69) is 22.2 Å². The van der Waals surface area contributed by atoms with E-state index in [1.807, 2.05) is 32.0 Å². The molecule has 0 aliphatic carbocycles. The number of methoxy groups -OCH3 is 1. The minimum absolute atomic E-state index is 0.185. The number of likely N-dealkylation sites (tertiary alicyclic amines) is 1. The van der Waals surface area contributed by atoms with E-state index in [4.69, 9.17) is 14.6 Å². The van der Waals surface area contributed by atoms with Crippen LogP contribution in [0, 0.1) is 19.8 Å². The third-order valence-electron chi connectivity index (χ3n) is 7.04. The number of carboxylic acid groups (broad SMARTS) is 1. The van der Waals surface area contributed by atoms with Crippen molar-refractivity contribution in [1.82, 2.24) is 19.7 Å². The average Bonchev–Trinajstić information content (AvgIpc) is 3.54. The molecule has 0 radical (unpaired) electrons. The summed E-state index contributed by atoms with van der Waals surface area (Å²) in [7, 11) is 1.41. The molecule has 0 bridgehead atoms. The molecule has 3 aromatic heterocycles. The van der Waals surface area contributed by atoms with Crippen molar-refractivity contribution in [2.45, 2.75) is 39.2 Å².